The molecule has 2 aromatic rings. The number of benzene rings is 2. The molecule has 4 nitrogen and oxygen atoms in total. The largest absolute Gasteiger partial charge is 0.364 e. The van der Waals surface area contributed by atoms with Gasteiger partial charge in [-0.2, -0.15) is 0 Å². The zero-order valence-electron chi connectivity index (χ0n) is 14.2. The highest BCUT2D eigenvalue weighted by Gasteiger charge is 2.29. The number of ether oxygens (including phenoxy) is 1. The van der Waals surface area contributed by atoms with Crippen LogP contribution >= 0.6 is 12.4 Å². The van der Waals surface area contributed by atoms with Crippen molar-refractivity contribution in [3.8, 4) is 11.1 Å². The number of nitrogens with one attached hydrogen (secondary N) is 1. The molecule has 0 aliphatic carbocycles. The number of amides is 1. The molecule has 1 heterocycles. The third-order valence-electron chi connectivity index (χ3n) is 4.41. The average molecular weight is 361 g/mol. The Kier molecular flexibility index (Phi) is 7.44. The number of carbonyl (C=O) groups excluding carboxylic acids is 1. The second kappa shape index (κ2) is 9.56. The van der Waals surface area contributed by atoms with E-state index in [1.54, 1.807) is 0 Å². The van der Waals surface area contributed by atoms with Gasteiger partial charge in [0.1, 0.15) is 6.10 Å². The minimum absolute atomic E-state index is 0. The van der Waals surface area contributed by atoms with Crippen LogP contribution in [-0.4, -0.2) is 31.2 Å². The number of rotatable bonds is 6. The SMILES string of the molecule is Cl.NC[C@H]1CC[C@@H](C(=O)NCCc2cccc(-c3ccccc3)c2)O1. The lowest BCUT2D eigenvalue weighted by Gasteiger charge is -2.13. The van der Waals surface area contributed by atoms with Gasteiger partial charge in [0, 0.05) is 13.1 Å². The highest BCUT2D eigenvalue weighted by Crippen LogP contribution is 2.20. The monoisotopic (exact) mass is 360 g/mol. The summed E-state index contributed by atoms with van der Waals surface area (Å²) in [6.45, 7) is 1.10. The van der Waals surface area contributed by atoms with E-state index in [4.69, 9.17) is 10.5 Å². The average Bonchev–Trinajstić information content (AvgIpc) is 3.12. The van der Waals surface area contributed by atoms with Gasteiger partial charge in [-0.05, 0) is 36.0 Å². The van der Waals surface area contributed by atoms with Crippen LogP contribution < -0.4 is 11.1 Å². The van der Waals surface area contributed by atoms with Gasteiger partial charge in [0.05, 0.1) is 6.10 Å². The second-order valence-electron chi connectivity index (χ2n) is 6.17. The maximum atomic E-state index is 12.1. The maximum absolute atomic E-state index is 12.1. The first-order chi connectivity index (χ1) is 11.8. The molecule has 0 aromatic heterocycles. The molecule has 134 valence electrons. The molecule has 1 saturated heterocycles. The molecule has 2 aromatic carbocycles. The van der Waals surface area contributed by atoms with E-state index in [0.717, 1.165) is 19.3 Å². The van der Waals surface area contributed by atoms with Gasteiger partial charge < -0.3 is 15.8 Å². The summed E-state index contributed by atoms with van der Waals surface area (Å²) in [5.74, 6) is -0.0230. The molecule has 0 radical (unpaired) electrons. The highest BCUT2D eigenvalue weighted by atomic mass is 35.5. The van der Waals surface area contributed by atoms with E-state index in [1.807, 2.05) is 18.2 Å². The van der Waals surface area contributed by atoms with Crippen LogP contribution in [0.2, 0.25) is 0 Å². The van der Waals surface area contributed by atoms with Gasteiger partial charge in [0.25, 0.3) is 0 Å². The van der Waals surface area contributed by atoms with Crippen LogP contribution in [0, 0.1) is 0 Å². The molecule has 3 rings (SSSR count). The van der Waals surface area contributed by atoms with Crippen LogP contribution in [0.1, 0.15) is 18.4 Å². The summed E-state index contributed by atoms with van der Waals surface area (Å²) in [5.41, 5.74) is 9.19. The van der Waals surface area contributed by atoms with Gasteiger partial charge in [-0.3, -0.25) is 4.79 Å². The molecule has 2 atom stereocenters. The molecular weight excluding hydrogens is 336 g/mol. The Morgan fingerprint density at radius 1 is 1.08 bits per heavy atom. The topological polar surface area (TPSA) is 64.4 Å². The van der Waals surface area contributed by atoms with Crippen LogP contribution in [-0.2, 0) is 16.0 Å². The van der Waals surface area contributed by atoms with Gasteiger partial charge in [-0.1, -0.05) is 54.6 Å². The molecule has 0 unspecified atom stereocenters. The maximum Gasteiger partial charge on any atom is 0.249 e. The van der Waals surface area contributed by atoms with Crippen molar-refractivity contribution in [1.82, 2.24) is 5.32 Å². The summed E-state index contributed by atoms with van der Waals surface area (Å²) in [7, 11) is 0. The molecule has 25 heavy (non-hydrogen) atoms. The van der Waals surface area contributed by atoms with Gasteiger partial charge in [0.15, 0.2) is 0 Å². The summed E-state index contributed by atoms with van der Waals surface area (Å²) in [5, 5.41) is 2.97. The molecular formula is C20H25ClN2O2. The normalized spacial score (nSPS) is 19.2. The fourth-order valence-electron chi connectivity index (χ4n) is 3.05. The van der Waals surface area contributed by atoms with E-state index >= 15 is 0 Å². The Morgan fingerprint density at radius 3 is 2.56 bits per heavy atom. The fraction of sp³-hybridized carbons (Fsp3) is 0.350. The van der Waals surface area contributed by atoms with E-state index in [1.165, 1.54) is 16.7 Å². The number of hydrogen-bond acceptors (Lipinski definition) is 3. The Bertz CT molecular complexity index is 678. The molecule has 0 spiro atoms. The summed E-state index contributed by atoms with van der Waals surface area (Å²) < 4.78 is 5.62. The van der Waals surface area contributed by atoms with Crippen LogP contribution in [0.5, 0.6) is 0 Å². The molecule has 0 bridgehead atoms. The predicted molar refractivity (Wildman–Crippen MR) is 103 cm³/mol. The predicted octanol–water partition coefficient (Wildman–Crippen LogP) is 2.94. The summed E-state index contributed by atoms with van der Waals surface area (Å²) in [6.07, 6.45) is 2.13. The van der Waals surface area contributed by atoms with Crippen molar-refractivity contribution < 1.29 is 9.53 Å². The first-order valence-electron chi connectivity index (χ1n) is 8.54. The van der Waals surface area contributed by atoms with Crippen molar-refractivity contribution in [1.29, 1.82) is 0 Å². The third kappa shape index (κ3) is 5.30. The van der Waals surface area contributed by atoms with E-state index in [9.17, 15) is 4.79 Å². The first-order valence-corrected chi connectivity index (χ1v) is 8.54. The Hall–Kier alpha value is -1.88. The Balaban J connectivity index is 0.00000225. The third-order valence-corrected chi connectivity index (χ3v) is 4.41. The van der Waals surface area contributed by atoms with Crippen LogP contribution in [0.3, 0.4) is 0 Å². The number of carbonyl (C=O) groups is 1. The Morgan fingerprint density at radius 2 is 1.84 bits per heavy atom. The lowest BCUT2D eigenvalue weighted by Crippen LogP contribution is -2.36. The van der Waals surface area contributed by atoms with Crippen molar-refractivity contribution in [2.24, 2.45) is 5.73 Å². The van der Waals surface area contributed by atoms with Crippen LogP contribution in [0.15, 0.2) is 54.6 Å². The van der Waals surface area contributed by atoms with Gasteiger partial charge in [-0.15, -0.1) is 12.4 Å². The fourth-order valence-corrected chi connectivity index (χ4v) is 3.05. The van der Waals surface area contributed by atoms with E-state index in [2.05, 4.69) is 41.7 Å². The lowest BCUT2D eigenvalue weighted by molar-refractivity contribution is -0.131. The zero-order valence-corrected chi connectivity index (χ0v) is 15.0. The van der Waals surface area contributed by atoms with Crippen molar-refractivity contribution in [2.45, 2.75) is 31.5 Å². The number of nitrogens with two attached hydrogens (primary N) is 1. The Labute approximate surface area is 155 Å². The molecule has 1 fully saturated rings. The van der Waals surface area contributed by atoms with Crippen molar-refractivity contribution >= 4 is 18.3 Å². The van der Waals surface area contributed by atoms with Gasteiger partial charge in [0.2, 0.25) is 5.91 Å². The van der Waals surface area contributed by atoms with Gasteiger partial charge >= 0.3 is 0 Å². The molecule has 3 N–H and O–H groups in total. The van der Waals surface area contributed by atoms with E-state index < -0.39 is 0 Å². The van der Waals surface area contributed by atoms with Crippen LogP contribution in [0.4, 0.5) is 0 Å². The summed E-state index contributed by atoms with van der Waals surface area (Å²) >= 11 is 0. The molecule has 1 aliphatic heterocycles. The molecule has 1 aliphatic rings. The molecule has 5 heteroatoms. The summed E-state index contributed by atoms with van der Waals surface area (Å²) in [6, 6.07) is 18.7. The second-order valence-corrected chi connectivity index (χ2v) is 6.17. The van der Waals surface area contributed by atoms with Crippen LogP contribution in [0.25, 0.3) is 11.1 Å². The van der Waals surface area contributed by atoms with Gasteiger partial charge in [-0.25, -0.2) is 0 Å². The quantitative estimate of drug-likeness (QED) is 0.832. The molecule has 1 amide bonds. The minimum Gasteiger partial charge on any atom is -0.364 e. The molecule has 0 saturated carbocycles. The highest BCUT2D eigenvalue weighted by molar-refractivity contribution is 5.85. The number of halogens is 1. The number of hydrogen-bond donors (Lipinski definition) is 2. The zero-order chi connectivity index (χ0) is 16.8. The summed E-state index contributed by atoms with van der Waals surface area (Å²) in [4.78, 5) is 12.1. The first kappa shape index (κ1) is 19.4. The van der Waals surface area contributed by atoms with Crippen molar-refractivity contribution in [2.75, 3.05) is 13.1 Å². The van der Waals surface area contributed by atoms with Crippen molar-refractivity contribution in [3.05, 3.63) is 60.2 Å². The van der Waals surface area contributed by atoms with E-state index in [-0.39, 0.29) is 30.5 Å². The smallest absolute Gasteiger partial charge is 0.249 e. The lowest BCUT2D eigenvalue weighted by atomic mass is 10.0. The van der Waals surface area contributed by atoms with E-state index in [0.29, 0.717) is 13.1 Å². The van der Waals surface area contributed by atoms with Crippen molar-refractivity contribution in [3.63, 3.8) is 0 Å². The minimum atomic E-state index is -0.339. The standard InChI is InChI=1S/C20H24N2O2.ClH/c21-14-18-9-10-19(24-18)20(23)22-12-11-15-5-4-8-17(13-15)16-6-2-1-3-7-16;/h1-8,13,18-19H,9-12,14,21H2,(H,22,23);1H/t18-,19+;/m1./s1.